The van der Waals surface area contributed by atoms with Crippen LogP contribution < -0.4 is 5.32 Å². The van der Waals surface area contributed by atoms with E-state index in [1.807, 2.05) is 0 Å². The van der Waals surface area contributed by atoms with Gasteiger partial charge in [-0.05, 0) is 18.9 Å². The predicted octanol–water partition coefficient (Wildman–Crippen LogP) is 0.217. The minimum Gasteiger partial charge on any atom is -0.338 e. The van der Waals surface area contributed by atoms with Crippen molar-refractivity contribution in [1.82, 2.24) is 10.2 Å². The normalized spacial score (nSPS) is 36.4. The molecule has 2 fully saturated rings. The fourth-order valence-electron chi connectivity index (χ4n) is 2.18. The van der Waals surface area contributed by atoms with Gasteiger partial charge >= 0.3 is 0 Å². The van der Waals surface area contributed by atoms with Gasteiger partial charge in [-0.3, -0.25) is 4.79 Å². The first-order chi connectivity index (χ1) is 5.77. The topological polar surface area (TPSA) is 32.3 Å². The average Bonchev–Trinajstić information content (AvgIpc) is 2.58. The van der Waals surface area contributed by atoms with Crippen molar-refractivity contribution in [3.63, 3.8) is 0 Å². The van der Waals surface area contributed by atoms with E-state index in [9.17, 15) is 4.79 Å². The Morgan fingerprint density at radius 3 is 2.92 bits per heavy atom. The van der Waals surface area contributed by atoms with Crippen LogP contribution in [-0.2, 0) is 4.79 Å². The molecule has 2 unspecified atom stereocenters. The summed E-state index contributed by atoms with van der Waals surface area (Å²) in [5, 5.41) is 3.29. The van der Waals surface area contributed by atoms with Gasteiger partial charge < -0.3 is 10.2 Å². The van der Waals surface area contributed by atoms with Gasteiger partial charge in [0.25, 0.3) is 0 Å². The van der Waals surface area contributed by atoms with Crippen LogP contribution in [0.25, 0.3) is 0 Å². The van der Waals surface area contributed by atoms with Crippen LogP contribution in [0, 0.1) is 5.92 Å². The fourth-order valence-corrected chi connectivity index (χ4v) is 2.18. The van der Waals surface area contributed by atoms with Crippen molar-refractivity contribution in [2.45, 2.75) is 25.8 Å². The Hall–Kier alpha value is -0.570. The number of nitrogens with one attached hydrogen (secondary N) is 1. The Balaban J connectivity index is 1.98. The molecule has 2 aliphatic rings. The van der Waals surface area contributed by atoms with Crippen molar-refractivity contribution in [2.75, 3.05) is 19.6 Å². The summed E-state index contributed by atoms with van der Waals surface area (Å²) in [6.07, 6.45) is 1.90. The Bertz CT molecular complexity index is 187. The summed E-state index contributed by atoms with van der Waals surface area (Å²) in [6.45, 7) is 5.20. The van der Waals surface area contributed by atoms with E-state index >= 15 is 0 Å². The van der Waals surface area contributed by atoms with Gasteiger partial charge in [0.05, 0.1) is 0 Å². The Kier molecular flexibility index (Phi) is 2.05. The van der Waals surface area contributed by atoms with E-state index in [0.717, 1.165) is 32.5 Å². The molecule has 0 aliphatic carbocycles. The quantitative estimate of drug-likeness (QED) is 0.607. The Morgan fingerprint density at radius 2 is 2.42 bits per heavy atom. The lowest BCUT2D eigenvalue weighted by atomic mass is 10.2. The molecule has 2 rings (SSSR count). The first-order valence-electron chi connectivity index (χ1n) is 4.77. The van der Waals surface area contributed by atoms with E-state index in [1.54, 1.807) is 0 Å². The highest BCUT2D eigenvalue weighted by molar-refractivity contribution is 5.79. The van der Waals surface area contributed by atoms with E-state index in [-0.39, 0.29) is 0 Å². The molecule has 0 aromatic heterocycles. The summed E-state index contributed by atoms with van der Waals surface area (Å²) in [4.78, 5) is 13.5. The van der Waals surface area contributed by atoms with Gasteiger partial charge in [-0.25, -0.2) is 0 Å². The van der Waals surface area contributed by atoms with Crippen molar-refractivity contribution in [3.8, 4) is 0 Å². The molecule has 3 nitrogen and oxygen atoms in total. The molecule has 2 atom stereocenters. The van der Waals surface area contributed by atoms with E-state index < -0.39 is 0 Å². The maximum Gasteiger partial charge on any atom is 0.223 e. The Morgan fingerprint density at radius 1 is 1.58 bits per heavy atom. The van der Waals surface area contributed by atoms with Crippen LogP contribution in [-0.4, -0.2) is 36.5 Å². The second-order valence-corrected chi connectivity index (χ2v) is 4.00. The van der Waals surface area contributed by atoms with Crippen LogP contribution >= 0.6 is 0 Å². The van der Waals surface area contributed by atoms with Gasteiger partial charge in [0.1, 0.15) is 0 Å². The monoisotopic (exact) mass is 168 g/mol. The summed E-state index contributed by atoms with van der Waals surface area (Å²) in [5.74, 6) is 0.925. The summed E-state index contributed by atoms with van der Waals surface area (Å²) < 4.78 is 0. The van der Waals surface area contributed by atoms with Crippen LogP contribution in [0.15, 0.2) is 0 Å². The molecule has 2 heterocycles. The number of rotatable bonds is 1. The molecule has 0 aromatic rings. The van der Waals surface area contributed by atoms with Crippen LogP contribution in [0.1, 0.15) is 19.8 Å². The highest BCUT2D eigenvalue weighted by Crippen LogP contribution is 2.21. The largest absolute Gasteiger partial charge is 0.338 e. The van der Waals surface area contributed by atoms with Gasteiger partial charge in [-0.1, -0.05) is 6.92 Å². The SMILES string of the molecule is CC1CC(=O)N(C2CCNC2)C1. The van der Waals surface area contributed by atoms with Crippen molar-refractivity contribution in [1.29, 1.82) is 0 Å². The number of hydrogen-bond acceptors (Lipinski definition) is 2. The molecular formula is C9H16N2O. The van der Waals surface area contributed by atoms with Crippen LogP contribution in [0.5, 0.6) is 0 Å². The first-order valence-corrected chi connectivity index (χ1v) is 4.77. The molecule has 0 spiro atoms. The standard InChI is InChI=1S/C9H16N2O/c1-7-4-9(12)11(6-7)8-2-3-10-5-8/h7-8,10H,2-6H2,1H3. The molecule has 1 amide bonds. The average molecular weight is 168 g/mol. The molecule has 1 N–H and O–H groups in total. The van der Waals surface area contributed by atoms with Gasteiger partial charge in [0.2, 0.25) is 5.91 Å². The minimum atomic E-state index is 0.358. The smallest absolute Gasteiger partial charge is 0.223 e. The first kappa shape index (κ1) is 8.05. The predicted molar refractivity (Wildman–Crippen MR) is 46.8 cm³/mol. The van der Waals surface area contributed by atoms with Crippen molar-refractivity contribution in [3.05, 3.63) is 0 Å². The summed E-state index contributed by atoms with van der Waals surface area (Å²) in [6, 6.07) is 0.488. The Labute approximate surface area is 73.1 Å². The maximum atomic E-state index is 11.5. The third kappa shape index (κ3) is 1.33. The molecule has 2 saturated heterocycles. The number of likely N-dealkylation sites (tertiary alicyclic amines) is 1. The lowest BCUT2D eigenvalue weighted by Gasteiger charge is -2.22. The lowest BCUT2D eigenvalue weighted by Crippen LogP contribution is -2.37. The molecular weight excluding hydrogens is 152 g/mol. The second-order valence-electron chi connectivity index (χ2n) is 4.00. The van der Waals surface area contributed by atoms with Crippen LogP contribution in [0.4, 0.5) is 0 Å². The van der Waals surface area contributed by atoms with Gasteiger partial charge in [-0.2, -0.15) is 0 Å². The van der Waals surface area contributed by atoms with Crippen molar-refractivity contribution >= 4 is 5.91 Å². The molecule has 12 heavy (non-hydrogen) atoms. The summed E-state index contributed by atoms with van der Waals surface area (Å²) in [5.41, 5.74) is 0. The zero-order chi connectivity index (χ0) is 8.55. The van der Waals surface area contributed by atoms with Gasteiger partial charge in [-0.15, -0.1) is 0 Å². The number of nitrogens with zero attached hydrogens (tertiary/aromatic N) is 1. The maximum absolute atomic E-state index is 11.5. The van der Waals surface area contributed by atoms with Crippen LogP contribution in [0.2, 0.25) is 0 Å². The van der Waals surface area contributed by atoms with E-state index in [0.29, 0.717) is 17.9 Å². The minimum absolute atomic E-state index is 0.358. The third-order valence-corrected chi connectivity index (χ3v) is 2.83. The fraction of sp³-hybridized carbons (Fsp3) is 0.889. The highest BCUT2D eigenvalue weighted by Gasteiger charge is 2.33. The number of carbonyl (C=O) groups is 1. The molecule has 68 valence electrons. The number of carbonyl (C=O) groups excluding carboxylic acids is 1. The number of amides is 1. The molecule has 0 saturated carbocycles. The molecule has 3 heteroatoms. The zero-order valence-corrected chi connectivity index (χ0v) is 7.55. The molecule has 0 radical (unpaired) electrons. The van der Waals surface area contributed by atoms with Gasteiger partial charge in [0.15, 0.2) is 0 Å². The summed E-state index contributed by atoms with van der Waals surface area (Å²) in [7, 11) is 0. The molecule has 2 aliphatic heterocycles. The second kappa shape index (κ2) is 3.05. The van der Waals surface area contributed by atoms with E-state index in [4.69, 9.17) is 0 Å². The molecule has 0 bridgehead atoms. The van der Waals surface area contributed by atoms with Crippen molar-refractivity contribution in [2.24, 2.45) is 5.92 Å². The highest BCUT2D eigenvalue weighted by atomic mass is 16.2. The number of hydrogen-bond donors (Lipinski definition) is 1. The zero-order valence-electron chi connectivity index (χ0n) is 7.55. The van der Waals surface area contributed by atoms with Crippen LogP contribution in [0.3, 0.4) is 0 Å². The van der Waals surface area contributed by atoms with E-state index in [1.165, 1.54) is 0 Å². The van der Waals surface area contributed by atoms with Crippen molar-refractivity contribution < 1.29 is 4.79 Å². The van der Waals surface area contributed by atoms with E-state index in [2.05, 4.69) is 17.1 Å². The molecule has 0 aromatic carbocycles. The summed E-state index contributed by atoms with van der Waals surface area (Å²) >= 11 is 0. The van der Waals surface area contributed by atoms with Gasteiger partial charge in [0, 0.05) is 25.6 Å². The third-order valence-electron chi connectivity index (χ3n) is 2.83. The lowest BCUT2D eigenvalue weighted by molar-refractivity contribution is -0.129.